The summed E-state index contributed by atoms with van der Waals surface area (Å²) in [6, 6.07) is 10.2. The van der Waals surface area contributed by atoms with Gasteiger partial charge in [0.1, 0.15) is 16.8 Å². The van der Waals surface area contributed by atoms with Crippen LogP contribution in [0, 0.1) is 16.6 Å². The van der Waals surface area contributed by atoms with E-state index in [2.05, 4.69) is 33.6 Å². The number of rotatable bonds is 11. The highest BCUT2D eigenvalue weighted by molar-refractivity contribution is 8.05. The van der Waals surface area contributed by atoms with Crippen molar-refractivity contribution in [2.24, 2.45) is 5.92 Å². The van der Waals surface area contributed by atoms with Crippen LogP contribution in [0.25, 0.3) is 0 Å². The lowest BCUT2D eigenvalue weighted by molar-refractivity contribution is -0.0689. The quantitative estimate of drug-likeness (QED) is 0.193. The molecule has 14 nitrogen and oxygen atoms in total. The first kappa shape index (κ1) is 52.8. The lowest BCUT2D eigenvalue weighted by Crippen LogP contribution is -2.38. The van der Waals surface area contributed by atoms with Gasteiger partial charge in [0.05, 0.1) is 75.9 Å². The molecule has 3 heterocycles. The average Bonchev–Trinajstić information content (AvgIpc) is 3.66. The molecule has 0 amide bonds. The average molecular weight is 834 g/mol. The second kappa shape index (κ2) is 30.8. The summed E-state index contributed by atoms with van der Waals surface area (Å²) in [6.07, 6.45) is 4.76. The highest BCUT2D eigenvalue weighted by Crippen LogP contribution is 2.28. The number of carboxylic acids is 2. The third kappa shape index (κ3) is 21.2. The highest BCUT2D eigenvalue weighted by Gasteiger charge is 2.30. The molecule has 4 rings (SSSR count). The smallest absolute Gasteiger partial charge is 0.354 e. The van der Waals surface area contributed by atoms with Gasteiger partial charge in [-0.05, 0) is 87.9 Å². The van der Waals surface area contributed by atoms with E-state index in [1.807, 2.05) is 59.1 Å². The summed E-state index contributed by atoms with van der Waals surface area (Å²) < 4.78 is 24.4. The number of hydrogen-bond acceptors (Lipinski definition) is 13. The Morgan fingerprint density at radius 1 is 0.828 bits per heavy atom. The zero-order valence-electron chi connectivity index (χ0n) is 36.2. The van der Waals surface area contributed by atoms with Gasteiger partial charge in [-0.2, -0.15) is 5.26 Å². The molecular weight excluding hydrogens is 763 g/mol. The Labute approximate surface area is 351 Å². The van der Waals surface area contributed by atoms with Crippen molar-refractivity contribution in [3.05, 3.63) is 59.2 Å². The van der Waals surface area contributed by atoms with Crippen molar-refractivity contribution in [1.29, 1.82) is 5.26 Å². The van der Waals surface area contributed by atoms with Crippen molar-refractivity contribution < 1.29 is 43.9 Å². The number of hydrogen-bond donors (Lipinski definition) is 3. The molecule has 0 radical (unpaired) electrons. The molecule has 3 N–H and O–H groups in total. The summed E-state index contributed by atoms with van der Waals surface area (Å²) >= 11 is 1.09. The molecule has 328 valence electrons. The van der Waals surface area contributed by atoms with Crippen LogP contribution in [0.1, 0.15) is 126 Å². The molecule has 1 saturated heterocycles. The van der Waals surface area contributed by atoms with Gasteiger partial charge in [-0.15, -0.1) is 0 Å². The van der Waals surface area contributed by atoms with E-state index in [1.165, 1.54) is 12.1 Å². The molecule has 1 aliphatic heterocycles. The third-order valence-corrected chi connectivity index (χ3v) is 9.97. The molecule has 0 spiro atoms. The summed E-state index contributed by atoms with van der Waals surface area (Å²) in [7, 11) is 0. The summed E-state index contributed by atoms with van der Waals surface area (Å²) in [5, 5.41) is 37.5. The van der Waals surface area contributed by atoms with Crippen LogP contribution in [0.3, 0.4) is 0 Å². The maximum absolute atomic E-state index is 11.7. The zero-order valence-corrected chi connectivity index (χ0v) is 37.0. The van der Waals surface area contributed by atoms with Gasteiger partial charge in [0, 0.05) is 37.5 Å². The first-order chi connectivity index (χ1) is 27.9. The fourth-order valence-corrected chi connectivity index (χ4v) is 6.47. The normalized spacial score (nSPS) is 19.5. The largest absolute Gasteiger partial charge is 0.477 e. The van der Waals surface area contributed by atoms with Crippen LogP contribution in [0.4, 0.5) is 0 Å². The standard InChI is InChI=1S/C34H50N4O8.C5H9NOS.2C2H6/c1-25(2)12-13-30(27-7-4-9-29(36-27)34(41)42)38-16-19-44-23-22-43-18-14-37(24-26-6-3-8-28(35-26)33(39)40)15-20-45-31-10-5-11-32(31)46-21-17-38;1-5(2,3-7)8-4-6;2*1-2/h3-4,6-9,25,30-32H,5,10-24H2,1-2H3,(H,39,40)(H,41,42);7H,3H2,1-2H3;2*1-2H3. The Morgan fingerprint density at radius 3 is 1.91 bits per heavy atom. The van der Waals surface area contributed by atoms with Crippen LogP contribution in [-0.4, -0.2) is 136 Å². The molecule has 0 aromatic carbocycles. The van der Waals surface area contributed by atoms with E-state index in [-0.39, 0.29) is 41.0 Å². The first-order valence-corrected chi connectivity index (χ1v) is 21.7. The van der Waals surface area contributed by atoms with Crippen molar-refractivity contribution in [1.82, 2.24) is 19.8 Å². The van der Waals surface area contributed by atoms with E-state index in [4.69, 9.17) is 29.3 Å². The van der Waals surface area contributed by atoms with E-state index >= 15 is 0 Å². The van der Waals surface area contributed by atoms with Gasteiger partial charge < -0.3 is 34.3 Å². The summed E-state index contributed by atoms with van der Waals surface area (Å²) in [5.41, 5.74) is 1.52. The third-order valence-electron chi connectivity index (χ3n) is 9.19. The Bertz CT molecular complexity index is 1460. The minimum Gasteiger partial charge on any atom is -0.477 e. The predicted octanol–water partition coefficient (Wildman–Crippen LogP) is 7.18. The second-order valence-electron chi connectivity index (χ2n) is 14.5. The first-order valence-electron chi connectivity index (χ1n) is 20.8. The topological polar surface area (TPSA) is 188 Å². The maximum atomic E-state index is 11.7. The predicted molar refractivity (Wildman–Crippen MR) is 228 cm³/mol. The number of nitriles is 1. The van der Waals surface area contributed by atoms with E-state index in [9.17, 15) is 19.8 Å². The molecule has 58 heavy (non-hydrogen) atoms. The molecular formula is C43H71N5O9S. The minimum absolute atomic E-state index is 0.00487. The molecule has 2 fully saturated rings. The second-order valence-corrected chi connectivity index (χ2v) is 15.9. The fraction of sp³-hybridized carbons (Fsp3) is 0.698. The van der Waals surface area contributed by atoms with Crippen molar-refractivity contribution in [3.8, 4) is 5.40 Å². The van der Waals surface area contributed by atoms with E-state index < -0.39 is 11.9 Å². The summed E-state index contributed by atoms with van der Waals surface area (Å²) in [5.74, 6) is -1.58. The molecule has 2 aromatic heterocycles. The Kier molecular flexibility index (Phi) is 28.0. The number of pyridine rings is 2. The molecule has 1 aliphatic carbocycles. The summed E-state index contributed by atoms with van der Waals surface area (Å²) in [4.78, 5) is 36.4. The van der Waals surface area contributed by atoms with Gasteiger partial charge in [0.25, 0.3) is 0 Å². The van der Waals surface area contributed by atoms with E-state index in [0.29, 0.717) is 84.0 Å². The molecule has 15 heteroatoms. The number of thioether (sulfide) groups is 1. The van der Waals surface area contributed by atoms with Crippen molar-refractivity contribution >= 4 is 23.7 Å². The van der Waals surface area contributed by atoms with Crippen molar-refractivity contribution in [2.45, 2.75) is 117 Å². The van der Waals surface area contributed by atoms with E-state index in [1.54, 1.807) is 12.1 Å². The van der Waals surface area contributed by atoms with Crippen LogP contribution < -0.4 is 0 Å². The highest BCUT2D eigenvalue weighted by atomic mass is 32.2. The molecule has 2 aliphatic rings. The van der Waals surface area contributed by atoms with Gasteiger partial charge >= 0.3 is 11.9 Å². The van der Waals surface area contributed by atoms with Crippen LogP contribution >= 0.6 is 11.8 Å². The zero-order chi connectivity index (χ0) is 43.3. The van der Waals surface area contributed by atoms with Crippen LogP contribution in [-0.2, 0) is 25.5 Å². The molecule has 3 atom stereocenters. The number of thiocyanates is 1. The number of carbonyl (C=O) groups is 2. The fourth-order valence-electron chi connectivity index (χ4n) is 6.16. The van der Waals surface area contributed by atoms with Gasteiger partial charge in [-0.3, -0.25) is 9.80 Å². The molecule has 1 saturated carbocycles. The Balaban J connectivity index is 0.00000124. The Hall–Kier alpha value is -3.20. The number of fused-ring (bicyclic) bond motifs is 1. The number of aliphatic hydroxyl groups excluding tert-OH is 1. The summed E-state index contributed by atoms with van der Waals surface area (Å²) in [6.45, 7) is 22.1. The number of aromatic nitrogens is 2. The molecule has 0 bridgehead atoms. The van der Waals surface area contributed by atoms with Gasteiger partial charge in [0.2, 0.25) is 0 Å². The lowest BCUT2D eigenvalue weighted by Gasteiger charge is -2.33. The number of nitrogens with zero attached hydrogens (tertiary/aromatic N) is 5. The molecule has 3 unspecified atom stereocenters. The van der Waals surface area contributed by atoms with Gasteiger partial charge in [0.15, 0.2) is 0 Å². The van der Waals surface area contributed by atoms with Crippen LogP contribution in [0.2, 0.25) is 0 Å². The lowest BCUT2D eigenvalue weighted by atomic mass is 9.99. The SMILES string of the molecule is CC.CC.CC(C)(CO)SC#N.CC(C)CCC(c1cccc(C(=O)O)n1)N1CCOCCOCCN(Cc2cccc(C(=O)O)n2)CCOC2CCCC2OCC1. The molecule has 2 aromatic rings. The van der Waals surface area contributed by atoms with Crippen molar-refractivity contribution in [2.75, 3.05) is 72.4 Å². The van der Waals surface area contributed by atoms with E-state index in [0.717, 1.165) is 49.6 Å². The van der Waals surface area contributed by atoms with Crippen LogP contribution in [0.15, 0.2) is 36.4 Å². The number of aromatic carboxylic acids is 2. The van der Waals surface area contributed by atoms with Crippen LogP contribution in [0.5, 0.6) is 0 Å². The van der Waals surface area contributed by atoms with Gasteiger partial charge in [-0.25, -0.2) is 19.6 Å². The Morgan fingerprint density at radius 2 is 1.36 bits per heavy atom. The van der Waals surface area contributed by atoms with Gasteiger partial charge in [-0.1, -0.05) is 53.7 Å². The van der Waals surface area contributed by atoms with Crippen molar-refractivity contribution in [3.63, 3.8) is 0 Å². The monoisotopic (exact) mass is 833 g/mol. The number of carboxylic acid groups (broad SMARTS) is 2. The maximum Gasteiger partial charge on any atom is 0.354 e. The number of aliphatic hydroxyl groups is 1. The minimum atomic E-state index is -1.04. The number of ether oxygens (including phenoxy) is 4.